The lowest BCUT2D eigenvalue weighted by atomic mass is 10.1. The molecule has 19 heavy (non-hydrogen) atoms. The number of hydrogen-bond acceptors (Lipinski definition) is 4. The van der Waals surface area contributed by atoms with E-state index < -0.39 is 0 Å². The van der Waals surface area contributed by atoms with Crippen molar-refractivity contribution in [3.8, 4) is 0 Å². The summed E-state index contributed by atoms with van der Waals surface area (Å²) in [6.45, 7) is 6.61. The Bertz CT molecular complexity index is 488. The van der Waals surface area contributed by atoms with E-state index in [2.05, 4.69) is 29.1 Å². The first-order valence-electron chi connectivity index (χ1n) is 6.47. The summed E-state index contributed by atoms with van der Waals surface area (Å²) in [6.07, 6.45) is 2.99. The highest BCUT2D eigenvalue weighted by Crippen LogP contribution is 2.61. The van der Waals surface area contributed by atoms with Crippen LogP contribution in [0.2, 0.25) is 5.15 Å². The van der Waals surface area contributed by atoms with E-state index in [0.717, 1.165) is 13.1 Å². The van der Waals surface area contributed by atoms with Gasteiger partial charge in [0.15, 0.2) is 0 Å². The maximum Gasteiger partial charge on any atom is 0.241 e. The minimum Gasteiger partial charge on any atom is -0.360 e. The molecule has 0 aromatic carbocycles. The number of piperidine rings is 1. The third-order valence-corrected chi connectivity index (χ3v) is 4.71. The summed E-state index contributed by atoms with van der Waals surface area (Å²) < 4.78 is 0. The first kappa shape index (κ1) is 12.7. The van der Waals surface area contributed by atoms with Gasteiger partial charge in [-0.25, -0.2) is 9.97 Å². The summed E-state index contributed by atoms with van der Waals surface area (Å²) in [7, 11) is 0. The molecule has 2 heterocycles. The lowest BCUT2D eigenvalue weighted by Gasteiger charge is -2.22. The largest absolute Gasteiger partial charge is 0.360 e. The highest BCUT2D eigenvalue weighted by atomic mass is 35.5. The van der Waals surface area contributed by atoms with Crippen molar-refractivity contribution in [3.63, 3.8) is 0 Å². The van der Waals surface area contributed by atoms with Gasteiger partial charge in [0, 0.05) is 13.1 Å². The van der Waals surface area contributed by atoms with Crippen LogP contribution >= 0.6 is 11.6 Å². The second-order valence-corrected chi connectivity index (χ2v) is 6.30. The van der Waals surface area contributed by atoms with E-state index in [1.165, 1.54) is 12.4 Å². The highest BCUT2D eigenvalue weighted by molar-refractivity contribution is 6.29. The van der Waals surface area contributed by atoms with Gasteiger partial charge in [0.05, 0.1) is 18.9 Å². The van der Waals surface area contributed by atoms with Crippen molar-refractivity contribution < 1.29 is 4.79 Å². The SMILES string of the molecule is CC1(C)C2CN(C(=O)CNc3cnc(Cl)cn3)CC21. The predicted molar refractivity (Wildman–Crippen MR) is 72.9 cm³/mol. The zero-order chi connectivity index (χ0) is 13.6. The second-order valence-electron chi connectivity index (χ2n) is 5.91. The molecule has 1 amide bonds. The number of amides is 1. The van der Waals surface area contributed by atoms with Crippen molar-refractivity contribution >= 4 is 23.3 Å². The van der Waals surface area contributed by atoms with Crippen LogP contribution in [0.3, 0.4) is 0 Å². The Hall–Kier alpha value is -1.36. The number of aromatic nitrogens is 2. The van der Waals surface area contributed by atoms with E-state index in [9.17, 15) is 4.79 Å². The van der Waals surface area contributed by atoms with Crippen LogP contribution in [0.4, 0.5) is 5.82 Å². The fourth-order valence-electron chi connectivity index (χ4n) is 3.02. The molecule has 0 radical (unpaired) electrons. The Balaban J connectivity index is 1.49. The number of nitrogens with zero attached hydrogens (tertiary/aromatic N) is 3. The molecule has 1 aliphatic heterocycles. The van der Waals surface area contributed by atoms with Crippen molar-refractivity contribution in [1.29, 1.82) is 0 Å². The average Bonchev–Trinajstić information content (AvgIpc) is 2.79. The third-order valence-electron chi connectivity index (χ3n) is 4.52. The maximum atomic E-state index is 12.1. The molecular weight excluding hydrogens is 264 g/mol. The van der Waals surface area contributed by atoms with E-state index in [-0.39, 0.29) is 12.5 Å². The van der Waals surface area contributed by atoms with Gasteiger partial charge in [-0.05, 0) is 17.3 Å². The minimum absolute atomic E-state index is 0.125. The van der Waals surface area contributed by atoms with E-state index in [4.69, 9.17) is 11.6 Å². The Labute approximate surface area is 117 Å². The van der Waals surface area contributed by atoms with Crippen LogP contribution < -0.4 is 5.32 Å². The first-order valence-corrected chi connectivity index (χ1v) is 6.85. The molecule has 6 heteroatoms. The molecule has 1 aromatic heterocycles. The summed E-state index contributed by atoms with van der Waals surface area (Å²) in [6, 6.07) is 0. The fraction of sp³-hybridized carbons (Fsp3) is 0.615. The average molecular weight is 281 g/mol. The lowest BCUT2D eigenvalue weighted by Crippen LogP contribution is -2.36. The molecule has 2 unspecified atom stereocenters. The molecule has 2 aliphatic rings. The quantitative estimate of drug-likeness (QED) is 0.915. The molecular formula is C13H17ClN4O. The Morgan fingerprint density at radius 1 is 1.42 bits per heavy atom. The monoisotopic (exact) mass is 280 g/mol. The number of carbonyl (C=O) groups is 1. The van der Waals surface area contributed by atoms with Crippen LogP contribution in [0.25, 0.3) is 0 Å². The molecule has 2 fully saturated rings. The topological polar surface area (TPSA) is 58.1 Å². The van der Waals surface area contributed by atoms with Crippen LogP contribution in [0.5, 0.6) is 0 Å². The molecule has 0 bridgehead atoms. The van der Waals surface area contributed by atoms with Crippen molar-refractivity contribution in [2.24, 2.45) is 17.3 Å². The number of fused-ring (bicyclic) bond motifs is 1. The summed E-state index contributed by atoms with van der Waals surface area (Å²) in [5.41, 5.74) is 0.436. The van der Waals surface area contributed by atoms with Crippen molar-refractivity contribution in [2.75, 3.05) is 25.0 Å². The van der Waals surface area contributed by atoms with Crippen LogP contribution in [0.1, 0.15) is 13.8 Å². The summed E-state index contributed by atoms with van der Waals surface area (Å²) in [4.78, 5) is 21.9. The van der Waals surface area contributed by atoms with Gasteiger partial charge in [-0.3, -0.25) is 4.79 Å². The standard InChI is InChI=1S/C13H17ClN4O/c1-13(2)8-6-18(7-9(8)13)12(19)5-17-11-4-15-10(14)3-16-11/h3-4,8-9H,5-7H2,1-2H3,(H,16,17). The lowest BCUT2D eigenvalue weighted by molar-refractivity contribution is -0.129. The molecule has 1 N–H and O–H groups in total. The van der Waals surface area contributed by atoms with Crippen LogP contribution in [-0.2, 0) is 4.79 Å². The number of rotatable bonds is 3. The minimum atomic E-state index is 0.125. The fourth-order valence-corrected chi connectivity index (χ4v) is 3.11. The van der Waals surface area contributed by atoms with Gasteiger partial charge in [-0.1, -0.05) is 25.4 Å². The predicted octanol–water partition coefficient (Wildman–Crippen LogP) is 1.66. The van der Waals surface area contributed by atoms with Gasteiger partial charge in [0.2, 0.25) is 5.91 Å². The third kappa shape index (κ3) is 2.27. The van der Waals surface area contributed by atoms with Gasteiger partial charge < -0.3 is 10.2 Å². The van der Waals surface area contributed by atoms with Crippen LogP contribution in [-0.4, -0.2) is 40.4 Å². The first-order chi connectivity index (χ1) is 8.98. The molecule has 1 saturated carbocycles. The Morgan fingerprint density at radius 2 is 2.11 bits per heavy atom. The van der Waals surface area contributed by atoms with E-state index >= 15 is 0 Å². The molecule has 5 nitrogen and oxygen atoms in total. The van der Waals surface area contributed by atoms with E-state index in [1.807, 2.05) is 4.90 Å². The molecule has 1 aliphatic carbocycles. The zero-order valence-electron chi connectivity index (χ0n) is 11.1. The second kappa shape index (κ2) is 4.34. The number of nitrogens with one attached hydrogen (secondary N) is 1. The number of anilines is 1. The molecule has 1 saturated heterocycles. The van der Waals surface area contributed by atoms with Gasteiger partial charge in [-0.15, -0.1) is 0 Å². The molecule has 0 spiro atoms. The smallest absolute Gasteiger partial charge is 0.241 e. The molecule has 102 valence electrons. The van der Waals surface area contributed by atoms with Gasteiger partial charge >= 0.3 is 0 Å². The van der Waals surface area contributed by atoms with E-state index in [1.54, 1.807) is 0 Å². The van der Waals surface area contributed by atoms with E-state index in [0.29, 0.717) is 28.2 Å². The zero-order valence-corrected chi connectivity index (χ0v) is 11.8. The number of halogens is 1. The Kier molecular flexibility index (Phi) is 2.89. The summed E-state index contributed by atoms with van der Waals surface area (Å²) in [5.74, 6) is 2.07. The van der Waals surface area contributed by atoms with Crippen LogP contribution in [0.15, 0.2) is 12.4 Å². The highest BCUT2D eigenvalue weighted by Gasteiger charge is 2.62. The van der Waals surface area contributed by atoms with Gasteiger partial charge in [0.25, 0.3) is 0 Å². The summed E-state index contributed by atoms with van der Waals surface area (Å²) in [5, 5.41) is 3.32. The number of likely N-dealkylation sites (tertiary alicyclic amines) is 1. The van der Waals surface area contributed by atoms with Crippen LogP contribution in [0, 0.1) is 17.3 Å². The Morgan fingerprint density at radius 3 is 2.68 bits per heavy atom. The van der Waals surface area contributed by atoms with Crippen molar-refractivity contribution in [3.05, 3.63) is 17.5 Å². The van der Waals surface area contributed by atoms with Gasteiger partial charge in [0.1, 0.15) is 11.0 Å². The maximum absolute atomic E-state index is 12.1. The molecule has 1 aromatic rings. The van der Waals surface area contributed by atoms with Crippen molar-refractivity contribution in [1.82, 2.24) is 14.9 Å². The van der Waals surface area contributed by atoms with Gasteiger partial charge in [-0.2, -0.15) is 0 Å². The molecule has 3 rings (SSSR count). The number of carbonyl (C=O) groups excluding carboxylic acids is 1. The summed E-state index contributed by atoms with van der Waals surface area (Å²) >= 11 is 5.65. The van der Waals surface area contributed by atoms with Crippen molar-refractivity contribution in [2.45, 2.75) is 13.8 Å². The number of hydrogen-bond donors (Lipinski definition) is 1. The molecule has 2 atom stereocenters. The normalized spacial score (nSPS) is 27.0.